The predicted molar refractivity (Wildman–Crippen MR) is 94.1 cm³/mol. The van der Waals surface area contributed by atoms with E-state index in [2.05, 4.69) is 16.5 Å². The van der Waals surface area contributed by atoms with E-state index in [0.29, 0.717) is 24.4 Å². The lowest BCUT2D eigenvalue weighted by molar-refractivity contribution is 0.0846. The van der Waals surface area contributed by atoms with Gasteiger partial charge in [-0.15, -0.1) is 0 Å². The molecule has 0 spiro atoms. The van der Waals surface area contributed by atoms with Gasteiger partial charge < -0.3 is 10.4 Å². The molecule has 122 valence electrons. The number of thioether (sulfide) groups is 1. The van der Waals surface area contributed by atoms with E-state index >= 15 is 0 Å². The standard InChI is InChI=1S/C17H22N4OS/c1-17(22,12-23-3)11-19-9-15-10-21(2)20-16(15)14-6-4-13(8-18)5-7-14/h4-7,10,19,22H,9,11-12H2,1-3H3. The molecular weight excluding hydrogens is 308 g/mol. The molecule has 0 aliphatic rings. The SMILES string of the molecule is CSCC(C)(O)CNCc1cn(C)nc1-c1ccc(C#N)cc1. The Morgan fingerprint density at radius 3 is 2.70 bits per heavy atom. The normalized spacial score (nSPS) is 13.5. The van der Waals surface area contributed by atoms with Crippen molar-refractivity contribution in [2.45, 2.75) is 19.1 Å². The number of nitrogens with zero attached hydrogens (tertiary/aromatic N) is 3. The van der Waals surface area contributed by atoms with Crippen LogP contribution in [0.15, 0.2) is 30.5 Å². The Hall–Kier alpha value is -1.81. The van der Waals surface area contributed by atoms with Gasteiger partial charge in [0.05, 0.1) is 22.9 Å². The largest absolute Gasteiger partial charge is 0.388 e. The minimum Gasteiger partial charge on any atom is -0.388 e. The summed E-state index contributed by atoms with van der Waals surface area (Å²) < 4.78 is 1.78. The van der Waals surface area contributed by atoms with Crippen LogP contribution >= 0.6 is 11.8 Å². The van der Waals surface area contributed by atoms with Gasteiger partial charge in [0.25, 0.3) is 0 Å². The third-order valence-corrected chi connectivity index (χ3v) is 4.38. The minimum atomic E-state index is -0.726. The highest BCUT2D eigenvalue weighted by Gasteiger charge is 2.19. The quantitative estimate of drug-likeness (QED) is 0.814. The Morgan fingerprint density at radius 1 is 1.39 bits per heavy atom. The molecule has 1 aromatic heterocycles. The molecule has 1 atom stereocenters. The molecule has 2 N–H and O–H groups in total. The molecule has 2 aromatic rings. The maximum Gasteiger partial charge on any atom is 0.0991 e. The molecule has 0 saturated heterocycles. The first-order valence-corrected chi connectivity index (χ1v) is 8.79. The second kappa shape index (κ2) is 7.64. The van der Waals surface area contributed by atoms with Crippen molar-refractivity contribution in [3.8, 4) is 17.3 Å². The van der Waals surface area contributed by atoms with E-state index in [1.54, 1.807) is 28.6 Å². The fraction of sp³-hybridized carbons (Fsp3) is 0.412. The molecule has 0 aliphatic heterocycles. The average Bonchev–Trinajstić information content (AvgIpc) is 2.88. The van der Waals surface area contributed by atoms with E-state index in [0.717, 1.165) is 16.8 Å². The summed E-state index contributed by atoms with van der Waals surface area (Å²) in [5.41, 5.74) is 2.86. The highest BCUT2D eigenvalue weighted by molar-refractivity contribution is 7.98. The van der Waals surface area contributed by atoms with Crippen LogP contribution in [0, 0.1) is 11.3 Å². The second-order valence-corrected chi connectivity index (χ2v) is 6.77. The van der Waals surface area contributed by atoms with Gasteiger partial charge in [-0.05, 0) is 25.3 Å². The molecule has 1 heterocycles. The van der Waals surface area contributed by atoms with Gasteiger partial charge in [0.1, 0.15) is 0 Å². The summed E-state index contributed by atoms with van der Waals surface area (Å²) in [6.07, 6.45) is 3.96. The van der Waals surface area contributed by atoms with Gasteiger partial charge >= 0.3 is 0 Å². The molecule has 0 amide bonds. The topological polar surface area (TPSA) is 73.9 Å². The van der Waals surface area contributed by atoms with Crippen LogP contribution in [0.2, 0.25) is 0 Å². The molecule has 2 rings (SSSR count). The highest BCUT2D eigenvalue weighted by atomic mass is 32.2. The van der Waals surface area contributed by atoms with Crippen LogP contribution in [0.3, 0.4) is 0 Å². The van der Waals surface area contributed by atoms with Crippen LogP contribution in [0.25, 0.3) is 11.3 Å². The Morgan fingerprint density at radius 2 is 2.09 bits per heavy atom. The molecule has 1 aromatic carbocycles. The van der Waals surface area contributed by atoms with Crippen LogP contribution in [0.5, 0.6) is 0 Å². The Bertz CT molecular complexity index is 686. The van der Waals surface area contributed by atoms with Gasteiger partial charge in [-0.1, -0.05) is 12.1 Å². The lowest BCUT2D eigenvalue weighted by Gasteiger charge is -2.22. The lowest BCUT2D eigenvalue weighted by atomic mass is 10.1. The zero-order chi connectivity index (χ0) is 16.9. The Labute approximate surface area is 141 Å². The Balaban J connectivity index is 2.10. The number of aliphatic hydroxyl groups is 1. The van der Waals surface area contributed by atoms with Crippen molar-refractivity contribution in [3.05, 3.63) is 41.6 Å². The van der Waals surface area contributed by atoms with Gasteiger partial charge in [0, 0.05) is 43.2 Å². The number of aromatic nitrogens is 2. The molecule has 0 fully saturated rings. The van der Waals surface area contributed by atoms with Gasteiger partial charge in [-0.25, -0.2) is 0 Å². The van der Waals surface area contributed by atoms with E-state index in [1.807, 2.05) is 38.6 Å². The van der Waals surface area contributed by atoms with E-state index in [1.165, 1.54) is 0 Å². The van der Waals surface area contributed by atoms with E-state index < -0.39 is 5.60 Å². The maximum absolute atomic E-state index is 10.2. The predicted octanol–water partition coefficient (Wildman–Crippen LogP) is 2.16. The average molecular weight is 330 g/mol. The summed E-state index contributed by atoms with van der Waals surface area (Å²) in [7, 11) is 1.89. The highest BCUT2D eigenvalue weighted by Crippen LogP contribution is 2.22. The summed E-state index contributed by atoms with van der Waals surface area (Å²) in [6, 6.07) is 9.53. The first-order chi connectivity index (χ1) is 10.9. The van der Waals surface area contributed by atoms with Crippen LogP contribution in [-0.2, 0) is 13.6 Å². The van der Waals surface area contributed by atoms with E-state index in [-0.39, 0.29) is 0 Å². The number of nitrogens with one attached hydrogen (secondary N) is 1. The third kappa shape index (κ3) is 4.83. The van der Waals surface area contributed by atoms with Crippen molar-refractivity contribution in [2.24, 2.45) is 7.05 Å². The third-order valence-electron chi connectivity index (χ3n) is 3.47. The molecule has 0 saturated carbocycles. The minimum absolute atomic E-state index is 0.523. The summed E-state index contributed by atoms with van der Waals surface area (Å²) in [5.74, 6) is 0.690. The summed E-state index contributed by atoms with van der Waals surface area (Å²) in [4.78, 5) is 0. The zero-order valence-electron chi connectivity index (χ0n) is 13.7. The van der Waals surface area contributed by atoms with Crippen LogP contribution in [0.1, 0.15) is 18.1 Å². The molecule has 5 nitrogen and oxygen atoms in total. The van der Waals surface area contributed by atoms with Gasteiger partial charge in [-0.3, -0.25) is 4.68 Å². The summed E-state index contributed by atoms with van der Waals surface area (Å²) >= 11 is 1.63. The molecule has 1 unspecified atom stereocenters. The molecule has 0 radical (unpaired) electrons. The van der Waals surface area contributed by atoms with Crippen molar-refractivity contribution >= 4 is 11.8 Å². The molecule has 0 aliphatic carbocycles. The van der Waals surface area contributed by atoms with Crippen molar-refractivity contribution in [1.29, 1.82) is 5.26 Å². The number of hydrogen-bond acceptors (Lipinski definition) is 5. The fourth-order valence-electron chi connectivity index (χ4n) is 2.44. The molecular formula is C17H22N4OS. The smallest absolute Gasteiger partial charge is 0.0991 e. The van der Waals surface area contributed by atoms with E-state index in [4.69, 9.17) is 5.26 Å². The van der Waals surface area contributed by atoms with Crippen molar-refractivity contribution in [3.63, 3.8) is 0 Å². The van der Waals surface area contributed by atoms with Gasteiger partial charge in [0.2, 0.25) is 0 Å². The zero-order valence-corrected chi connectivity index (χ0v) is 14.5. The number of nitriles is 1. The van der Waals surface area contributed by atoms with Crippen molar-refractivity contribution in [2.75, 3.05) is 18.6 Å². The Kier molecular flexibility index (Phi) is 5.83. The van der Waals surface area contributed by atoms with Crippen LogP contribution < -0.4 is 5.32 Å². The lowest BCUT2D eigenvalue weighted by Crippen LogP contribution is -2.39. The van der Waals surface area contributed by atoms with Crippen molar-refractivity contribution in [1.82, 2.24) is 15.1 Å². The van der Waals surface area contributed by atoms with Crippen molar-refractivity contribution < 1.29 is 5.11 Å². The monoisotopic (exact) mass is 330 g/mol. The van der Waals surface area contributed by atoms with Gasteiger partial charge in [-0.2, -0.15) is 22.1 Å². The number of benzene rings is 1. The second-order valence-electron chi connectivity index (χ2n) is 5.90. The number of aryl methyl sites for hydroxylation is 1. The van der Waals surface area contributed by atoms with E-state index in [9.17, 15) is 5.11 Å². The first-order valence-electron chi connectivity index (χ1n) is 7.40. The van der Waals surface area contributed by atoms with Gasteiger partial charge in [0.15, 0.2) is 0 Å². The number of rotatable bonds is 7. The molecule has 0 bridgehead atoms. The number of hydrogen-bond donors (Lipinski definition) is 2. The van der Waals surface area contributed by atoms with Crippen LogP contribution in [-0.4, -0.2) is 39.0 Å². The summed E-state index contributed by atoms with van der Waals surface area (Å²) in [5, 5.41) is 26.9. The fourth-order valence-corrected chi connectivity index (χ4v) is 3.17. The molecule has 6 heteroatoms. The summed E-state index contributed by atoms with van der Waals surface area (Å²) in [6.45, 7) is 2.99. The molecule has 23 heavy (non-hydrogen) atoms. The van der Waals surface area contributed by atoms with Crippen LogP contribution in [0.4, 0.5) is 0 Å². The maximum atomic E-state index is 10.2. The first kappa shape index (κ1) is 17.5.